The normalized spacial score (nSPS) is 17.8. The van der Waals surface area contributed by atoms with Crippen LogP contribution in [0.3, 0.4) is 0 Å². The van der Waals surface area contributed by atoms with Gasteiger partial charge in [0.2, 0.25) is 0 Å². The van der Waals surface area contributed by atoms with Crippen molar-refractivity contribution in [3.63, 3.8) is 0 Å². The Kier molecular flexibility index (Phi) is 9.79. The van der Waals surface area contributed by atoms with Crippen molar-refractivity contribution in [1.29, 1.82) is 0 Å². The summed E-state index contributed by atoms with van der Waals surface area (Å²) < 4.78 is 0. The van der Waals surface area contributed by atoms with Crippen LogP contribution in [0.1, 0.15) is 126 Å². The Hall–Kier alpha value is -6.44. The summed E-state index contributed by atoms with van der Waals surface area (Å²) in [7, 11) is 0. The zero-order valence-corrected chi connectivity index (χ0v) is 40.2. The molecule has 0 unspecified atom stereocenters. The fourth-order valence-electron chi connectivity index (χ4n) is 12.2. The highest BCUT2D eigenvalue weighted by Crippen LogP contribution is 2.60. The molecule has 328 valence electrons. The Morgan fingerprint density at radius 3 is 1.24 bits per heavy atom. The van der Waals surface area contributed by atoms with E-state index in [4.69, 9.17) is 0 Å². The van der Waals surface area contributed by atoms with E-state index in [1.165, 1.54) is 108 Å². The molecule has 0 N–H and O–H groups in total. The zero-order chi connectivity index (χ0) is 45.6. The Morgan fingerprint density at radius 2 is 0.727 bits per heavy atom. The summed E-state index contributed by atoms with van der Waals surface area (Å²) in [6.07, 6.45) is 4.68. The second-order valence-corrected chi connectivity index (χ2v) is 22.2. The lowest BCUT2D eigenvalue weighted by Crippen LogP contribution is -2.34. The lowest BCUT2D eigenvalue weighted by molar-refractivity contribution is 0.332. The predicted octanol–water partition coefficient (Wildman–Crippen LogP) is 17.6. The first-order valence-electron chi connectivity index (χ1n) is 24.3. The van der Waals surface area contributed by atoms with E-state index in [-0.39, 0.29) is 21.7 Å². The van der Waals surface area contributed by atoms with Gasteiger partial charge in [-0.15, -0.1) is 0 Å². The number of hydrogen-bond donors (Lipinski definition) is 0. The summed E-state index contributed by atoms with van der Waals surface area (Å²) >= 11 is 0. The predicted molar refractivity (Wildman–Crippen MR) is 280 cm³/mol. The van der Waals surface area contributed by atoms with E-state index in [9.17, 15) is 0 Å². The van der Waals surface area contributed by atoms with Gasteiger partial charge >= 0.3 is 0 Å². The van der Waals surface area contributed by atoms with Gasteiger partial charge in [0.25, 0.3) is 0 Å². The Morgan fingerprint density at radius 1 is 0.303 bits per heavy atom. The molecule has 1 heteroatoms. The number of nitrogens with zero attached hydrogens (tertiary/aromatic N) is 1. The molecule has 3 aliphatic carbocycles. The smallest absolute Gasteiger partial charge is 0.0714 e. The molecular weight excluding hydrogens is 795 g/mol. The van der Waals surface area contributed by atoms with E-state index in [0.29, 0.717) is 0 Å². The van der Waals surface area contributed by atoms with Crippen molar-refractivity contribution in [3.05, 3.63) is 233 Å². The number of fused-ring (bicyclic) bond motifs is 5. The van der Waals surface area contributed by atoms with Crippen molar-refractivity contribution >= 4 is 17.1 Å². The number of anilines is 3. The van der Waals surface area contributed by atoms with Crippen LogP contribution in [0.15, 0.2) is 188 Å². The van der Waals surface area contributed by atoms with Crippen LogP contribution in [0.5, 0.6) is 0 Å². The highest BCUT2D eigenvalue weighted by molar-refractivity contribution is 5.97. The van der Waals surface area contributed by atoms with Crippen LogP contribution in [-0.2, 0) is 27.1 Å². The van der Waals surface area contributed by atoms with E-state index in [0.717, 1.165) is 12.8 Å². The minimum atomic E-state index is -0.547. The molecule has 0 amide bonds. The maximum Gasteiger partial charge on any atom is 0.0714 e. The molecule has 0 heterocycles. The molecule has 0 fully saturated rings. The standard InChI is InChI=1S/C65H63N/c1-61(2)36-38-63(5,6)58-40-49(32-34-55(58)61)66(50-33-35-56-59(41-50)64(7,8)39-37-62(56,3)4)60-43-57-53(42-52(60)46-30-28-45(29-31-46)44-20-12-9-13-21-44)51-26-18-19-27-54(51)65(57,47-22-14-10-15-23-47)48-24-16-11-17-25-48/h9-35,40-43H,36-39H2,1-8H3. The highest BCUT2D eigenvalue weighted by atomic mass is 15.1. The quantitative estimate of drug-likeness (QED) is 0.154. The van der Waals surface area contributed by atoms with Gasteiger partial charge in [0.15, 0.2) is 0 Å². The molecule has 0 saturated heterocycles. The molecular formula is C65H63N. The Labute approximate surface area is 394 Å². The van der Waals surface area contributed by atoms with Gasteiger partial charge in [0.05, 0.1) is 11.1 Å². The van der Waals surface area contributed by atoms with Gasteiger partial charge in [-0.3, -0.25) is 0 Å². The van der Waals surface area contributed by atoms with Gasteiger partial charge in [-0.25, -0.2) is 0 Å². The summed E-state index contributed by atoms with van der Waals surface area (Å²) in [4.78, 5) is 2.64. The molecule has 11 rings (SSSR count). The first-order valence-corrected chi connectivity index (χ1v) is 24.3. The molecule has 1 nitrogen and oxygen atoms in total. The van der Waals surface area contributed by atoms with Crippen LogP contribution < -0.4 is 4.90 Å². The van der Waals surface area contributed by atoms with E-state index in [1.807, 2.05) is 0 Å². The number of benzene rings is 8. The topological polar surface area (TPSA) is 3.24 Å². The summed E-state index contributed by atoms with van der Waals surface area (Å²) in [5.41, 5.74) is 21.8. The van der Waals surface area contributed by atoms with Crippen LogP contribution in [0.2, 0.25) is 0 Å². The monoisotopic (exact) mass is 857 g/mol. The van der Waals surface area contributed by atoms with Crippen molar-refractivity contribution in [3.8, 4) is 33.4 Å². The van der Waals surface area contributed by atoms with Crippen molar-refractivity contribution in [2.45, 2.75) is 108 Å². The van der Waals surface area contributed by atoms with Crippen LogP contribution in [-0.4, -0.2) is 0 Å². The first-order chi connectivity index (χ1) is 31.7. The number of hydrogen-bond acceptors (Lipinski definition) is 1. The average Bonchev–Trinajstić information content (AvgIpc) is 3.63. The van der Waals surface area contributed by atoms with Crippen molar-refractivity contribution in [2.24, 2.45) is 0 Å². The summed E-state index contributed by atoms with van der Waals surface area (Å²) in [5.74, 6) is 0. The second kappa shape index (κ2) is 15.3. The van der Waals surface area contributed by atoms with Gasteiger partial charge < -0.3 is 4.90 Å². The molecule has 0 radical (unpaired) electrons. The van der Waals surface area contributed by atoms with Crippen LogP contribution in [0.25, 0.3) is 33.4 Å². The van der Waals surface area contributed by atoms with E-state index < -0.39 is 5.41 Å². The van der Waals surface area contributed by atoms with Gasteiger partial charge in [-0.05, 0) is 156 Å². The second-order valence-electron chi connectivity index (χ2n) is 22.2. The van der Waals surface area contributed by atoms with Gasteiger partial charge in [0, 0.05) is 16.9 Å². The van der Waals surface area contributed by atoms with Crippen molar-refractivity contribution in [1.82, 2.24) is 0 Å². The van der Waals surface area contributed by atoms with Crippen molar-refractivity contribution in [2.75, 3.05) is 4.90 Å². The van der Waals surface area contributed by atoms with E-state index in [1.54, 1.807) is 0 Å². The molecule has 8 aromatic carbocycles. The maximum atomic E-state index is 2.64. The van der Waals surface area contributed by atoms with Crippen LogP contribution >= 0.6 is 0 Å². The third kappa shape index (κ3) is 6.64. The third-order valence-electron chi connectivity index (χ3n) is 16.3. The van der Waals surface area contributed by atoms with Crippen molar-refractivity contribution < 1.29 is 0 Å². The van der Waals surface area contributed by atoms with E-state index >= 15 is 0 Å². The molecule has 0 aromatic heterocycles. The van der Waals surface area contributed by atoms with Crippen LogP contribution in [0, 0.1) is 0 Å². The number of rotatable bonds is 7. The lowest BCUT2D eigenvalue weighted by atomic mass is 9.63. The van der Waals surface area contributed by atoms with Gasteiger partial charge in [-0.2, -0.15) is 0 Å². The first kappa shape index (κ1) is 42.2. The lowest BCUT2D eigenvalue weighted by Gasteiger charge is -2.43. The molecule has 0 atom stereocenters. The summed E-state index contributed by atoms with van der Waals surface area (Å²) in [6.45, 7) is 19.6. The molecule has 3 aliphatic rings. The largest absolute Gasteiger partial charge is 0.310 e. The van der Waals surface area contributed by atoms with Gasteiger partial charge in [0.1, 0.15) is 0 Å². The maximum absolute atomic E-state index is 2.64. The molecule has 0 aliphatic heterocycles. The molecule has 66 heavy (non-hydrogen) atoms. The highest BCUT2D eigenvalue weighted by Gasteiger charge is 2.47. The fraction of sp³-hybridized carbons (Fsp3) is 0.262. The average molecular weight is 858 g/mol. The van der Waals surface area contributed by atoms with Gasteiger partial charge in [-0.1, -0.05) is 207 Å². The van der Waals surface area contributed by atoms with E-state index in [2.05, 4.69) is 248 Å². The third-order valence-corrected chi connectivity index (χ3v) is 16.3. The molecule has 8 aromatic rings. The Balaban J connectivity index is 1.26. The zero-order valence-electron chi connectivity index (χ0n) is 40.2. The summed E-state index contributed by atoms with van der Waals surface area (Å²) in [6, 6.07) is 71.9. The van der Waals surface area contributed by atoms with Crippen LogP contribution in [0.4, 0.5) is 17.1 Å². The molecule has 0 bridgehead atoms. The summed E-state index contributed by atoms with van der Waals surface area (Å²) in [5, 5.41) is 0. The minimum absolute atomic E-state index is 0.0415. The minimum Gasteiger partial charge on any atom is -0.310 e. The fourth-order valence-corrected chi connectivity index (χ4v) is 12.2. The SMILES string of the molecule is CC1(C)CCC(C)(C)c2cc(N(c3ccc4c(c3)C(C)(C)CCC4(C)C)c3cc4c(cc3-c3ccc(-c5ccccc5)cc3)-c3ccccc3C4(c3ccccc3)c3ccccc3)ccc21. The Bertz CT molecular complexity index is 2990. The molecule has 0 saturated carbocycles. The molecule has 0 spiro atoms.